The van der Waals surface area contributed by atoms with Gasteiger partial charge in [-0.25, -0.2) is 0 Å². The Balaban J connectivity index is 1.57. The molecule has 5 unspecified atom stereocenters. The van der Waals surface area contributed by atoms with Crippen molar-refractivity contribution in [3.05, 3.63) is 0 Å². The first-order chi connectivity index (χ1) is 22.8. The van der Waals surface area contributed by atoms with E-state index in [0.29, 0.717) is 51.5 Å². The molecule has 2 aliphatic heterocycles. The lowest BCUT2D eigenvalue weighted by atomic mass is 9.97. The molecule has 0 aliphatic carbocycles. The number of hydrogen-bond acceptors (Lipinski definition) is 14. The Morgan fingerprint density at radius 3 is 1.58 bits per heavy atom. The molecule has 11 atom stereocenters. The predicted octanol–water partition coefficient (Wildman–Crippen LogP) is -2.65. The first-order valence-electron chi connectivity index (χ1n) is 16.6. The molecule has 2 aliphatic rings. The number of carbonyl (C=O) groups is 4. The third-order valence-corrected chi connectivity index (χ3v) is 8.28. The molecule has 17 heteroatoms. The number of unbranched alkanes of at least 4 members (excludes halogenated alkanes) is 2. The second-order valence-electron chi connectivity index (χ2n) is 12.5. The summed E-state index contributed by atoms with van der Waals surface area (Å²) in [6, 6.07) is -2.04. The number of ether oxygens (including phenoxy) is 4. The van der Waals surface area contributed by atoms with Gasteiger partial charge in [-0.3, -0.25) is 19.2 Å². The molecule has 2 rings (SSSR count). The molecule has 17 nitrogen and oxygen atoms in total. The number of carbonyl (C=O) groups excluding carboxylic acids is 4. The van der Waals surface area contributed by atoms with Crippen LogP contribution in [0.5, 0.6) is 0 Å². The summed E-state index contributed by atoms with van der Waals surface area (Å²) in [6.45, 7) is 4.12. The summed E-state index contributed by atoms with van der Waals surface area (Å²) in [5, 5.41) is 67.4. The SMILES string of the molecule is CC(=O)N[C@H]1C(O)[C@@H](O)C(CO)O[C@H]1OCCCCC(=O)CCC(C)CNC(=O)CCCCO[C@@H]1OC(CO)[C@H](O)C(O)[C@@H]1NC(C)=O. The minimum atomic E-state index is -1.40. The molecule has 0 bridgehead atoms. The van der Waals surface area contributed by atoms with Crippen LogP contribution in [0.15, 0.2) is 0 Å². The zero-order valence-corrected chi connectivity index (χ0v) is 28.0. The van der Waals surface area contributed by atoms with Gasteiger partial charge in [-0.1, -0.05) is 6.92 Å². The van der Waals surface area contributed by atoms with Gasteiger partial charge in [0.1, 0.15) is 54.5 Å². The number of rotatable bonds is 21. The minimum Gasteiger partial charge on any atom is -0.394 e. The van der Waals surface area contributed by atoms with Crippen LogP contribution in [0.2, 0.25) is 0 Å². The molecular weight excluding hydrogens is 638 g/mol. The molecule has 2 fully saturated rings. The smallest absolute Gasteiger partial charge is 0.220 e. The molecule has 0 aromatic heterocycles. The highest BCUT2D eigenvalue weighted by Crippen LogP contribution is 2.24. The summed E-state index contributed by atoms with van der Waals surface area (Å²) in [4.78, 5) is 47.7. The normalized spacial score (nSPS) is 31.1. The average Bonchev–Trinajstić information content (AvgIpc) is 3.04. The van der Waals surface area contributed by atoms with E-state index in [1.807, 2.05) is 6.92 Å². The summed E-state index contributed by atoms with van der Waals surface area (Å²) in [5.41, 5.74) is 0. The Labute approximate surface area is 280 Å². The number of Topliss-reactive ketones (excluding diaryl/α,β-unsaturated/α-hetero) is 1. The lowest BCUT2D eigenvalue weighted by Crippen LogP contribution is -2.64. The van der Waals surface area contributed by atoms with Crippen molar-refractivity contribution in [3.63, 3.8) is 0 Å². The molecule has 0 aromatic rings. The summed E-state index contributed by atoms with van der Waals surface area (Å²) < 4.78 is 22.3. The van der Waals surface area contributed by atoms with Crippen LogP contribution in [0.25, 0.3) is 0 Å². The zero-order chi connectivity index (χ0) is 35.8. The first kappa shape index (κ1) is 41.8. The van der Waals surface area contributed by atoms with Gasteiger partial charge in [0.05, 0.1) is 13.2 Å². The number of ketones is 1. The van der Waals surface area contributed by atoms with Crippen molar-refractivity contribution in [2.75, 3.05) is 33.0 Å². The number of nitrogens with one attached hydrogen (secondary N) is 3. The molecule has 3 amide bonds. The Kier molecular flexibility index (Phi) is 18.9. The van der Waals surface area contributed by atoms with Crippen LogP contribution in [-0.4, -0.2) is 148 Å². The molecule has 2 heterocycles. The van der Waals surface area contributed by atoms with E-state index in [4.69, 9.17) is 18.9 Å². The molecule has 48 heavy (non-hydrogen) atoms. The molecule has 0 saturated carbocycles. The van der Waals surface area contributed by atoms with Gasteiger partial charge >= 0.3 is 0 Å². The van der Waals surface area contributed by atoms with Gasteiger partial charge in [-0.15, -0.1) is 0 Å². The fourth-order valence-electron chi connectivity index (χ4n) is 5.45. The van der Waals surface area contributed by atoms with E-state index in [2.05, 4.69) is 16.0 Å². The van der Waals surface area contributed by atoms with E-state index in [-0.39, 0.29) is 37.2 Å². The maximum absolute atomic E-state index is 12.4. The molecule has 0 radical (unpaired) electrons. The number of aliphatic hydroxyl groups excluding tert-OH is 6. The van der Waals surface area contributed by atoms with Crippen molar-refractivity contribution in [1.29, 1.82) is 0 Å². The van der Waals surface area contributed by atoms with Gasteiger partial charge in [0.15, 0.2) is 12.6 Å². The van der Waals surface area contributed by atoms with Gasteiger partial charge in [0.2, 0.25) is 17.7 Å². The number of aliphatic hydroxyl groups is 6. The largest absolute Gasteiger partial charge is 0.394 e. The van der Waals surface area contributed by atoms with Crippen LogP contribution in [0.4, 0.5) is 0 Å². The van der Waals surface area contributed by atoms with Crippen molar-refractivity contribution < 1.29 is 68.8 Å². The van der Waals surface area contributed by atoms with Gasteiger partial charge in [-0.2, -0.15) is 0 Å². The summed E-state index contributed by atoms with van der Waals surface area (Å²) in [6.07, 6.45) is -6.27. The molecule has 0 spiro atoms. The van der Waals surface area contributed by atoms with E-state index in [1.165, 1.54) is 13.8 Å². The highest BCUT2D eigenvalue weighted by molar-refractivity contribution is 5.78. The van der Waals surface area contributed by atoms with Crippen LogP contribution in [0.1, 0.15) is 72.1 Å². The van der Waals surface area contributed by atoms with E-state index in [9.17, 15) is 49.8 Å². The summed E-state index contributed by atoms with van der Waals surface area (Å²) in [7, 11) is 0. The molecule has 2 saturated heterocycles. The van der Waals surface area contributed by atoms with E-state index < -0.39 is 86.3 Å². The maximum atomic E-state index is 12.4. The Morgan fingerprint density at radius 2 is 1.15 bits per heavy atom. The van der Waals surface area contributed by atoms with Crippen LogP contribution < -0.4 is 16.0 Å². The second-order valence-corrected chi connectivity index (χ2v) is 12.5. The average molecular weight is 694 g/mol. The van der Waals surface area contributed by atoms with Crippen LogP contribution in [0, 0.1) is 5.92 Å². The van der Waals surface area contributed by atoms with Gasteiger partial charge in [0, 0.05) is 52.9 Å². The van der Waals surface area contributed by atoms with Crippen LogP contribution in [-0.2, 0) is 38.1 Å². The van der Waals surface area contributed by atoms with E-state index in [0.717, 1.165) is 0 Å². The van der Waals surface area contributed by atoms with Gasteiger partial charge < -0.3 is 65.5 Å². The Hall–Kier alpha value is -2.32. The highest BCUT2D eigenvalue weighted by atomic mass is 16.7. The monoisotopic (exact) mass is 693 g/mol. The lowest BCUT2D eigenvalue weighted by Gasteiger charge is -2.42. The molecule has 9 N–H and O–H groups in total. The third-order valence-electron chi connectivity index (χ3n) is 8.28. The standard InChI is InChI=1S/C31H55N3O14/c1-17(10-11-20(39)8-4-6-12-45-30-24(33-18(2)37)28(43)26(41)21(15-35)47-30)14-32-23(40)9-5-7-13-46-31-25(34-19(3)38)29(44)27(42)22(16-36)48-31/h17,21-22,24-31,35-36,41-44H,4-16H2,1-3H3,(H,32,40)(H,33,37)(H,34,38)/t17?,21?,22?,24-,25-,26-,27-,28?,29?,30+,31+/m0/s1. The molecule has 0 aromatic carbocycles. The van der Waals surface area contributed by atoms with E-state index >= 15 is 0 Å². The first-order valence-corrected chi connectivity index (χ1v) is 16.6. The van der Waals surface area contributed by atoms with E-state index in [1.54, 1.807) is 0 Å². The van der Waals surface area contributed by atoms with Crippen molar-refractivity contribution in [3.8, 4) is 0 Å². The van der Waals surface area contributed by atoms with Crippen molar-refractivity contribution >= 4 is 23.5 Å². The fourth-order valence-corrected chi connectivity index (χ4v) is 5.45. The van der Waals surface area contributed by atoms with Crippen molar-refractivity contribution in [1.82, 2.24) is 16.0 Å². The second kappa shape index (κ2) is 21.7. The van der Waals surface area contributed by atoms with Gasteiger partial charge in [-0.05, 0) is 38.0 Å². The predicted molar refractivity (Wildman–Crippen MR) is 167 cm³/mol. The summed E-state index contributed by atoms with van der Waals surface area (Å²) in [5.74, 6) is -0.882. The zero-order valence-electron chi connectivity index (χ0n) is 28.0. The topological polar surface area (TPSA) is 263 Å². The van der Waals surface area contributed by atoms with Gasteiger partial charge in [0.25, 0.3) is 0 Å². The minimum absolute atomic E-state index is 0.0760. The van der Waals surface area contributed by atoms with Crippen molar-refractivity contribution in [2.24, 2.45) is 5.92 Å². The molecule has 278 valence electrons. The van der Waals surface area contributed by atoms with Crippen molar-refractivity contribution in [2.45, 2.75) is 133 Å². The Morgan fingerprint density at radius 1 is 0.688 bits per heavy atom. The Bertz CT molecular complexity index is 930. The van der Waals surface area contributed by atoms with Crippen LogP contribution in [0.3, 0.4) is 0 Å². The lowest BCUT2D eigenvalue weighted by molar-refractivity contribution is -0.270. The highest BCUT2D eigenvalue weighted by Gasteiger charge is 2.46. The quantitative estimate of drug-likeness (QED) is 0.0557. The third kappa shape index (κ3) is 13.9. The van der Waals surface area contributed by atoms with Crippen LogP contribution >= 0.6 is 0 Å². The number of amides is 3. The molecular formula is C31H55N3O14. The fraction of sp³-hybridized carbons (Fsp3) is 0.871. The number of hydrogen-bond donors (Lipinski definition) is 9. The summed E-state index contributed by atoms with van der Waals surface area (Å²) >= 11 is 0. The maximum Gasteiger partial charge on any atom is 0.220 e.